The van der Waals surface area contributed by atoms with Crippen LogP contribution in [-0.2, 0) is 0 Å². The number of hydrogen-bond acceptors (Lipinski definition) is 3. The molecule has 0 aliphatic rings. The molecule has 0 aliphatic heterocycles. The van der Waals surface area contributed by atoms with Crippen molar-refractivity contribution in [1.82, 2.24) is 10.6 Å². The summed E-state index contributed by atoms with van der Waals surface area (Å²) in [5.41, 5.74) is 3.12. The molecular formula is C29H37ClN4O2. The van der Waals surface area contributed by atoms with Gasteiger partial charge in [0.05, 0.1) is 10.7 Å². The van der Waals surface area contributed by atoms with E-state index in [0.29, 0.717) is 22.7 Å². The lowest BCUT2D eigenvalue weighted by Gasteiger charge is -2.15. The molecule has 1 aromatic carbocycles. The van der Waals surface area contributed by atoms with Gasteiger partial charge in [-0.1, -0.05) is 67.3 Å². The highest BCUT2D eigenvalue weighted by Crippen LogP contribution is 2.28. The number of benzene rings is 1. The Kier molecular flexibility index (Phi) is 13.6. The van der Waals surface area contributed by atoms with E-state index in [0.717, 1.165) is 19.3 Å². The third kappa shape index (κ3) is 10.7. The molecule has 1 unspecified atom stereocenters. The Labute approximate surface area is 220 Å². The molecular weight excluding hydrogens is 472 g/mol. The molecule has 3 N–H and O–H groups in total. The fourth-order valence-corrected chi connectivity index (χ4v) is 3.29. The van der Waals surface area contributed by atoms with Gasteiger partial charge in [-0.3, -0.25) is 5.32 Å². The normalized spacial score (nSPS) is 13.9. The van der Waals surface area contributed by atoms with Gasteiger partial charge in [0.25, 0.3) is 0 Å². The number of nitrogens with zero attached hydrogens (tertiary/aromatic N) is 2. The maximum Gasteiger partial charge on any atom is 0.320 e. The van der Waals surface area contributed by atoms with Gasteiger partial charge in [-0.05, 0) is 76.8 Å². The number of amides is 2. The molecule has 1 atom stereocenters. The summed E-state index contributed by atoms with van der Waals surface area (Å²) in [6.45, 7) is 19.0. The number of aliphatic imine (C=N–C) groups is 2. The van der Waals surface area contributed by atoms with Crippen molar-refractivity contribution < 1.29 is 9.90 Å². The van der Waals surface area contributed by atoms with Crippen LogP contribution >= 0.6 is 11.6 Å². The molecule has 192 valence electrons. The van der Waals surface area contributed by atoms with E-state index < -0.39 is 0 Å². The van der Waals surface area contributed by atoms with E-state index in [-0.39, 0.29) is 28.7 Å². The number of hydrogen-bond donors (Lipinski definition) is 3. The average molecular weight is 509 g/mol. The fourth-order valence-electron chi connectivity index (χ4n) is 3.11. The average Bonchev–Trinajstić information content (AvgIpc) is 2.84. The maximum atomic E-state index is 12.5. The topological polar surface area (TPSA) is 86.1 Å². The zero-order valence-corrected chi connectivity index (χ0v) is 22.4. The summed E-state index contributed by atoms with van der Waals surface area (Å²) < 4.78 is 0. The first-order chi connectivity index (χ1) is 17.1. The van der Waals surface area contributed by atoms with Crippen molar-refractivity contribution in [2.24, 2.45) is 9.98 Å². The highest BCUT2D eigenvalue weighted by molar-refractivity contribution is 6.32. The van der Waals surface area contributed by atoms with E-state index >= 15 is 0 Å². The molecule has 0 heterocycles. The second kappa shape index (κ2) is 16.1. The van der Waals surface area contributed by atoms with Gasteiger partial charge in [-0.15, -0.1) is 0 Å². The number of phenolic OH excluding ortho intramolecular Hbond substituents is 1. The van der Waals surface area contributed by atoms with Crippen molar-refractivity contribution in [3.05, 3.63) is 96.1 Å². The molecule has 0 radical (unpaired) electrons. The van der Waals surface area contributed by atoms with E-state index in [1.165, 1.54) is 17.7 Å². The summed E-state index contributed by atoms with van der Waals surface area (Å²) in [4.78, 5) is 21.6. The molecule has 6 nitrogen and oxygen atoms in total. The third-order valence-electron chi connectivity index (χ3n) is 5.08. The van der Waals surface area contributed by atoms with Crippen LogP contribution in [0.25, 0.3) is 5.70 Å². The summed E-state index contributed by atoms with van der Waals surface area (Å²) in [6.07, 6.45) is 13.7. The molecule has 1 aromatic rings. The highest BCUT2D eigenvalue weighted by Gasteiger charge is 2.11. The van der Waals surface area contributed by atoms with Gasteiger partial charge in [0, 0.05) is 11.6 Å². The molecule has 7 heteroatoms. The molecule has 0 saturated carbocycles. The Morgan fingerprint density at radius 1 is 1.22 bits per heavy atom. The van der Waals surface area contributed by atoms with Crippen LogP contribution in [0.5, 0.6) is 5.75 Å². The summed E-state index contributed by atoms with van der Waals surface area (Å²) >= 11 is 6.05. The second-order valence-corrected chi connectivity index (χ2v) is 8.51. The molecule has 2 amide bonds. The molecule has 0 aliphatic carbocycles. The van der Waals surface area contributed by atoms with Crippen molar-refractivity contribution in [2.45, 2.75) is 53.0 Å². The Hall–Kier alpha value is -3.64. The van der Waals surface area contributed by atoms with Crippen LogP contribution in [0.2, 0.25) is 5.02 Å². The number of phenols is 1. The number of halogens is 1. The Bertz CT molecular complexity index is 1110. The van der Waals surface area contributed by atoms with Gasteiger partial charge in [0.2, 0.25) is 0 Å². The number of aromatic hydroxyl groups is 1. The number of carbonyl (C=O) groups excluding carboxylic acids is 1. The van der Waals surface area contributed by atoms with Crippen molar-refractivity contribution in [3.8, 4) is 5.75 Å². The van der Waals surface area contributed by atoms with Crippen molar-refractivity contribution in [3.63, 3.8) is 0 Å². The molecule has 0 spiro atoms. The summed E-state index contributed by atoms with van der Waals surface area (Å²) in [5, 5.41) is 15.6. The Morgan fingerprint density at radius 2 is 1.94 bits per heavy atom. The minimum absolute atomic E-state index is 0.0109. The number of amidine groups is 2. The van der Waals surface area contributed by atoms with Gasteiger partial charge in [0.15, 0.2) is 5.84 Å². The molecule has 0 fully saturated rings. The monoisotopic (exact) mass is 508 g/mol. The van der Waals surface area contributed by atoms with Gasteiger partial charge < -0.3 is 10.4 Å². The lowest BCUT2D eigenvalue weighted by atomic mass is 10.0. The van der Waals surface area contributed by atoms with Crippen LogP contribution in [-0.4, -0.2) is 28.9 Å². The minimum Gasteiger partial charge on any atom is -0.506 e. The number of rotatable bonds is 11. The van der Waals surface area contributed by atoms with E-state index in [1.807, 2.05) is 32.9 Å². The smallest absolute Gasteiger partial charge is 0.320 e. The highest BCUT2D eigenvalue weighted by atomic mass is 35.5. The van der Waals surface area contributed by atoms with Gasteiger partial charge in [0.1, 0.15) is 11.6 Å². The Morgan fingerprint density at radius 3 is 2.50 bits per heavy atom. The van der Waals surface area contributed by atoms with Crippen LogP contribution in [0.4, 0.5) is 4.79 Å². The number of nitrogens with one attached hydrogen (secondary N) is 2. The van der Waals surface area contributed by atoms with E-state index in [4.69, 9.17) is 11.6 Å². The van der Waals surface area contributed by atoms with Crippen LogP contribution in [0.1, 0.15) is 52.5 Å². The largest absolute Gasteiger partial charge is 0.506 e. The predicted octanol–water partition coefficient (Wildman–Crippen LogP) is 7.51. The molecule has 0 saturated heterocycles. The quantitative estimate of drug-likeness (QED) is 0.164. The van der Waals surface area contributed by atoms with E-state index in [9.17, 15) is 9.90 Å². The van der Waals surface area contributed by atoms with Crippen LogP contribution in [0, 0.1) is 0 Å². The first kappa shape index (κ1) is 30.4. The van der Waals surface area contributed by atoms with E-state index in [2.05, 4.69) is 46.4 Å². The summed E-state index contributed by atoms with van der Waals surface area (Å²) in [7, 11) is 0. The molecule has 0 bridgehead atoms. The van der Waals surface area contributed by atoms with Crippen LogP contribution in [0.15, 0.2) is 95.5 Å². The van der Waals surface area contributed by atoms with Crippen LogP contribution in [0.3, 0.4) is 0 Å². The second-order valence-electron chi connectivity index (χ2n) is 8.11. The van der Waals surface area contributed by atoms with Gasteiger partial charge >= 0.3 is 6.03 Å². The molecule has 0 aromatic heterocycles. The number of carbonyl (C=O) groups is 1. The van der Waals surface area contributed by atoms with Crippen molar-refractivity contribution in [1.29, 1.82) is 0 Å². The van der Waals surface area contributed by atoms with E-state index in [1.54, 1.807) is 31.2 Å². The summed E-state index contributed by atoms with van der Waals surface area (Å²) in [5.74, 6) is 0.552. The van der Waals surface area contributed by atoms with Crippen LogP contribution < -0.4 is 10.6 Å². The SMILES string of the molecule is C=C/C=C\C(=C/C)CCCC(C)NC(=O)N/C(C=C)=N/C(=N/C(=C\C)c1ccc(O)c(Cl)c1)C(=C)C. The fraction of sp³-hybridized carbons (Fsp3) is 0.276. The zero-order valence-electron chi connectivity index (χ0n) is 21.6. The minimum atomic E-state index is -0.378. The zero-order chi connectivity index (χ0) is 27.1. The predicted molar refractivity (Wildman–Crippen MR) is 155 cm³/mol. The number of urea groups is 1. The Balaban J connectivity index is 2.89. The van der Waals surface area contributed by atoms with Crippen molar-refractivity contribution >= 4 is 35.0 Å². The summed E-state index contributed by atoms with van der Waals surface area (Å²) in [6, 6.07) is 4.42. The van der Waals surface area contributed by atoms with Gasteiger partial charge in [-0.25, -0.2) is 14.8 Å². The van der Waals surface area contributed by atoms with Gasteiger partial charge in [-0.2, -0.15) is 0 Å². The maximum absolute atomic E-state index is 12.5. The van der Waals surface area contributed by atoms with Crippen molar-refractivity contribution in [2.75, 3.05) is 0 Å². The lowest BCUT2D eigenvalue weighted by molar-refractivity contribution is 0.241. The first-order valence-corrected chi connectivity index (χ1v) is 12.2. The molecule has 1 rings (SSSR count). The number of allylic oxidation sites excluding steroid dienone is 6. The third-order valence-corrected chi connectivity index (χ3v) is 5.39. The first-order valence-electron chi connectivity index (χ1n) is 11.8. The lowest BCUT2D eigenvalue weighted by Crippen LogP contribution is -2.43. The standard InChI is InChI=1S/C29H37ClN4O2/c1-8-12-15-22(9-2)16-13-14-21(7)31-29(36)34-27(11-4)33-28(20(5)6)32-25(10-3)23-17-18-26(35)24(30)19-23/h8-12,15,17-19,21,35H,1,4-5,13-14,16H2,2-3,6-7H3,(H2,31,32,33,34,36)/b15-12-,22-9+,25-10-. The molecule has 36 heavy (non-hydrogen) atoms.